The Balaban J connectivity index is 0.000000396. The van der Waals surface area contributed by atoms with Gasteiger partial charge >= 0.3 is 28.2 Å². The van der Waals surface area contributed by atoms with Gasteiger partial charge in [0.2, 0.25) is 5.91 Å². The molecule has 3 atom stereocenters. The molecule has 7 nitrogen and oxygen atoms in total. The molecule has 0 aromatic rings. The Morgan fingerprint density at radius 3 is 1.78 bits per heavy atom. The number of nitrogens with two attached hydrogens (primary N) is 1. The minimum absolute atomic E-state index is 0.421. The summed E-state index contributed by atoms with van der Waals surface area (Å²) in [5.74, 6) is -2.09. The van der Waals surface area contributed by atoms with Crippen molar-refractivity contribution < 1.29 is 33.5 Å². The van der Waals surface area contributed by atoms with Crippen LogP contribution in [0.5, 0.6) is 0 Å². The molecule has 3 unspecified atom stereocenters. The van der Waals surface area contributed by atoms with E-state index in [1.807, 2.05) is 0 Å². The van der Waals surface area contributed by atoms with Gasteiger partial charge < -0.3 is 27.2 Å². The molecule has 2 aliphatic heterocycles. The number of carbonyl (C=O) groups is 2. The van der Waals surface area contributed by atoms with Crippen LogP contribution in [0.1, 0.15) is 44.9 Å². The SMILES string of the molecule is C1CCC(C2CCCC[N-]2)[N-]C1.[Cl][Pt].[NH-]C(CC(N)=O)C(=O)O. The van der Waals surface area contributed by atoms with Crippen LogP contribution in [0.3, 0.4) is 0 Å². The number of halogens is 1. The summed E-state index contributed by atoms with van der Waals surface area (Å²) in [4.78, 5) is 19.8. The summed E-state index contributed by atoms with van der Waals surface area (Å²) in [5, 5.41) is 17.4. The van der Waals surface area contributed by atoms with Gasteiger partial charge in [0, 0.05) is 6.42 Å². The first-order valence-electron chi connectivity index (χ1n) is 7.68. The Morgan fingerprint density at radius 2 is 1.57 bits per heavy atom. The van der Waals surface area contributed by atoms with Crippen LogP contribution in [0.25, 0.3) is 16.4 Å². The maximum absolute atomic E-state index is 9.95. The maximum Gasteiger partial charge on any atom is 0.285 e. The molecule has 0 spiro atoms. The number of piperidine rings is 2. The van der Waals surface area contributed by atoms with E-state index in [1.54, 1.807) is 18.8 Å². The van der Waals surface area contributed by atoms with Gasteiger partial charge in [-0.15, -0.1) is 13.1 Å². The molecule has 1 amide bonds. The van der Waals surface area contributed by atoms with Gasteiger partial charge in [0.15, 0.2) is 0 Å². The summed E-state index contributed by atoms with van der Waals surface area (Å²) in [6.45, 7) is 2.19. The summed E-state index contributed by atoms with van der Waals surface area (Å²) in [6, 6.07) is -0.222. The molecule has 0 saturated carbocycles. The Labute approximate surface area is 153 Å². The molecule has 2 heterocycles. The zero-order valence-corrected chi connectivity index (χ0v) is 16.1. The van der Waals surface area contributed by atoms with E-state index < -0.39 is 24.3 Å². The maximum atomic E-state index is 9.95. The molecule has 0 aromatic carbocycles. The molecule has 2 rings (SSSR count). The number of amides is 1. The summed E-state index contributed by atoms with van der Waals surface area (Å²) in [7, 11) is 4.61. The fourth-order valence-electron chi connectivity index (χ4n) is 2.54. The van der Waals surface area contributed by atoms with Gasteiger partial charge in [0.05, 0.1) is 0 Å². The molecule has 2 saturated heterocycles. The van der Waals surface area contributed by atoms with Crippen molar-refractivity contribution in [1.29, 1.82) is 0 Å². The summed E-state index contributed by atoms with van der Waals surface area (Å²) >= 11 is 1.61. The van der Waals surface area contributed by atoms with Crippen molar-refractivity contribution in [2.24, 2.45) is 5.73 Å². The Bertz CT molecular complexity index is 322. The predicted octanol–water partition coefficient (Wildman–Crippen LogP) is 2.89. The number of primary amides is 1. The molecule has 0 bridgehead atoms. The van der Waals surface area contributed by atoms with Gasteiger partial charge in [0.25, 0.3) is 5.97 Å². The Hall–Kier alpha value is -0.202. The number of nitrogens with zero attached hydrogens (tertiary/aromatic N) is 2. The minimum atomic E-state index is -1.41. The van der Waals surface area contributed by atoms with E-state index in [2.05, 4.69) is 25.8 Å². The van der Waals surface area contributed by atoms with Crippen molar-refractivity contribution in [3.05, 3.63) is 16.4 Å². The normalized spacial score (nSPS) is 25.0. The van der Waals surface area contributed by atoms with Crippen molar-refractivity contribution in [1.82, 2.24) is 0 Å². The third-order valence-corrected chi connectivity index (χ3v) is 3.69. The van der Waals surface area contributed by atoms with E-state index >= 15 is 0 Å². The molecule has 0 radical (unpaired) electrons. The molecule has 139 valence electrons. The van der Waals surface area contributed by atoms with Crippen LogP contribution in [0, 0.1) is 0 Å². The van der Waals surface area contributed by atoms with Crippen LogP contribution >= 0.6 is 9.42 Å². The zero-order chi connectivity index (χ0) is 17.7. The van der Waals surface area contributed by atoms with Gasteiger partial charge in [-0.25, -0.2) is 0 Å². The molecule has 0 aliphatic carbocycles. The third kappa shape index (κ3) is 11.1. The van der Waals surface area contributed by atoms with Crippen LogP contribution in [-0.2, 0) is 28.4 Å². The summed E-state index contributed by atoms with van der Waals surface area (Å²) < 4.78 is 0. The van der Waals surface area contributed by atoms with Gasteiger partial charge in [-0.3, -0.25) is 9.59 Å². The van der Waals surface area contributed by atoms with Crippen molar-refractivity contribution in [3.63, 3.8) is 0 Å². The van der Waals surface area contributed by atoms with Crippen molar-refractivity contribution in [2.75, 3.05) is 13.1 Å². The molecule has 2 fully saturated rings. The summed E-state index contributed by atoms with van der Waals surface area (Å²) in [6.07, 6.45) is 7.55. The number of carboxylic acid groups (broad SMARTS) is 1. The third-order valence-electron chi connectivity index (χ3n) is 3.69. The largest absolute Gasteiger partial charge is 0.665 e. The van der Waals surface area contributed by atoms with Crippen LogP contribution in [0.4, 0.5) is 0 Å². The monoisotopic (exact) mass is 527 g/mol. The van der Waals surface area contributed by atoms with Crippen LogP contribution in [0.15, 0.2) is 0 Å². The first-order valence-corrected chi connectivity index (χ1v) is 10.5. The predicted molar refractivity (Wildman–Crippen MR) is 87.1 cm³/mol. The number of nitrogens with one attached hydrogen (secondary N) is 1. The van der Waals surface area contributed by atoms with Crippen LogP contribution in [-0.4, -0.2) is 48.2 Å². The van der Waals surface area contributed by atoms with Crippen LogP contribution in [0.2, 0.25) is 0 Å². The van der Waals surface area contributed by atoms with Crippen molar-refractivity contribution >= 4 is 21.3 Å². The number of aliphatic carboxylic acids is 1. The van der Waals surface area contributed by atoms with E-state index in [1.165, 1.54) is 38.5 Å². The molecule has 2 aliphatic rings. The number of carboxylic acids is 1. The van der Waals surface area contributed by atoms with Gasteiger partial charge in [-0.1, -0.05) is 38.5 Å². The number of carbonyl (C=O) groups excluding carboxylic acids is 1. The first kappa shape index (κ1) is 22.8. The number of rotatable bonds is 4. The first-order chi connectivity index (χ1) is 11.0. The van der Waals surface area contributed by atoms with Gasteiger partial charge in [-0.05, 0) is 6.04 Å². The fourth-order valence-corrected chi connectivity index (χ4v) is 2.54. The second-order valence-electron chi connectivity index (χ2n) is 5.50. The van der Waals surface area contributed by atoms with E-state index in [0.29, 0.717) is 12.1 Å². The van der Waals surface area contributed by atoms with Gasteiger partial charge in [-0.2, -0.15) is 12.1 Å². The molecular formula is C14H25ClN4O3Pt-3. The standard InChI is InChI=1S/C10H18N2.C4H7N2O3.ClH.Pt/c1-3-7-11-9(5-1)10-6-2-4-8-12-10;5-2(4(8)9)1-3(6)7;;/h9-10H,1-8H2;2,5H,1H2,(H2,6,7)(H,8,9);1H;/q-2;-1;;+1/p-1. The van der Waals surface area contributed by atoms with Crippen molar-refractivity contribution in [3.8, 4) is 0 Å². The molecule has 23 heavy (non-hydrogen) atoms. The molecule has 4 N–H and O–H groups in total. The number of hydrogen-bond acceptors (Lipinski definition) is 2. The quantitative estimate of drug-likeness (QED) is 0.582. The van der Waals surface area contributed by atoms with Crippen LogP contribution < -0.4 is 5.73 Å². The molecule has 0 aromatic heterocycles. The van der Waals surface area contributed by atoms with E-state index in [0.717, 1.165) is 13.1 Å². The molecular weight excluding hydrogens is 503 g/mol. The van der Waals surface area contributed by atoms with Gasteiger partial charge in [0.1, 0.15) is 0 Å². The Kier molecular flexibility index (Phi) is 14.0. The van der Waals surface area contributed by atoms with E-state index in [4.69, 9.17) is 10.8 Å². The number of hydrogen-bond donors (Lipinski definition) is 2. The second kappa shape index (κ2) is 14.2. The minimum Gasteiger partial charge on any atom is -0.665 e. The Morgan fingerprint density at radius 1 is 1.13 bits per heavy atom. The second-order valence-corrected chi connectivity index (χ2v) is 5.50. The average Bonchev–Trinajstić information content (AvgIpc) is 2.58. The van der Waals surface area contributed by atoms with E-state index in [-0.39, 0.29) is 0 Å². The topological polar surface area (TPSA) is 132 Å². The average molecular weight is 528 g/mol. The summed E-state index contributed by atoms with van der Waals surface area (Å²) in [5.41, 5.74) is 11.3. The van der Waals surface area contributed by atoms with E-state index in [9.17, 15) is 9.59 Å². The fraction of sp³-hybridized carbons (Fsp3) is 0.857. The molecule has 9 heteroatoms. The smallest absolute Gasteiger partial charge is 0.285 e. The van der Waals surface area contributed by atoms with Crippen molar-refractivity contribution in [2.45, 2.75) is 63.1 Å². The zero-order valence-electron chi connectivity index (χ0n) is 13.0.